The third-order valence-electron chi connectivity index (χ3n) is 2.94. The quantitative estimate of drug-likeness (QED) is 0.811. The fraction of sp³-hybridized carbons (Fsp3) is 0.200. The Hall–Kier alpha value is -1.96. The van der Waals surface area contributed by atoms with E-state index in [9.17, 15) is 10.2 Å². The van der Waals surface area contributed by atoms with Crippen LogP contribution in [0.4, 0.5) is 0 Å². The van der Waals surface area contributed by atoms with Crippen LogP contribution in [0.2, 0.25) is 0 Å². The summed E-state index contributed by atoms with van der Waals surface area (Å²) in [6, 6.07) is 7.27. The SMILES string of the molecule is CC(Cc1ccc(O)cc1)=C1C=CC(O)=CC1. The van der Waals surface area contributed by atoms with Gasteiger partial charge < -0.3 is 10.2 Å². The molecule has 1 aliphatic carbocycles. The van der Waals surface area contributed by atoms with Crippen molar-refractivity contribution in [3.63, 3.8) is 0 Å². The first kappa shape index (κ1) is 11.5. The molecule has 2 heteroatoms. The van der Waals surface area contributed by atoms with Gasteiger partial charge >= 0.3 is 0 Å². The highest BCUT2D eigenvalue weighted by atomic mass is 16.3. The first-order valence-electron chi connectivity index (χ1n) is 5.69. The Kier molecular flexibility index (Phi) is 3.33. The summed E-state index contributed by atoms with van der Waals surface area (Å²) in [6.45, 7) is 2.10. The lowest BCUT2D eigenvalue weighted by Crippen LogP contribution is -1.94. The molecule has 1 aromatic rings. The minimum absolute atomic E-state index is 0.296. The number of phenolic OH excluding ortho intramolecular Hbond substituents is 1. The molecule has 0 aromatic heterocycles. The van der Waals surface area contributed by atoms with Gasteiger partial charge in [-0.2, -0.15) is 0 Å². The summed E-state index contributed by atoms with van der Waals surface area (Å²) in [7, 11) is 0. The van der Waals surface area contributed by atoms with Crippen molar-refractivity contribution in [1.82, 2.24) is 0 Å². The zero-order valence-corrected chi connectivity index (χ0v) is 9.85. The van der Waals surface area contributed by atoms with Gasteiger partial charge in [0.25, 0.3) is 0 Å². The monoisotopic (exact) mass is 228 g/mol. The van der Waals surface area contributed by atoms with Crippen molar-refractivity contribution in [2.45, 2.75) is 19.8 Å². The zero-order valence-electron chi connectivity index (χ0n) is 9.85. The minimum atomic E-state index is 0.296. The largest absolute Gasteiger partial charge is 0.508 e. The predicted octanol–water partition coefficient (Wildman–Crippen LogP) is 3.65. The van der Waals surface area contributed by atoms with Gasteiger partial charge in [0.05, 0.1) is 0 Å². The molecule has 0 heterocycles. The van der Waals surface area contributed by atoms with Gasteiger partial charge in [-0.3, -0.25) is 0 Å². The second kappa shape index (κ2) is 4.91. The lowest BCUT2D eigenvalue weighted by molar-refractivity contribution is 0.429. The highest BCUT2D eigenvalue weighted by molar-refractivity contribution is 5.38. The fourth-order valence-corrected chi connectivity index (χ4v) is 1.89. The Balaban J connectivity index is 2.11. The maximum absolute atomic E-state index is 9.25. The number of aromatic hydroxyl groups is 1. The topological polar surface area (TPSA) is 40.5 Å². The van der Waals surface area contributed by atoms with Gasteiger partial charge in [0.15, 0.2) is 0 Å². The number of benzene rings is 1. The molecule has 0 unspecified atom stereocenters. The van der Waals surface area contributed by atoms with Gasteiger partial charge in [-0.05, 0) is 55.2 Å². The molecule has 17 heavy (non-hydrogen) atoms. The number of aliphatic hydroxyl groups is 1. The highest BCUT2D eigenvalue weighted by Crippen LogP contribution is 2.21. The molecular weight excluding hydrogens is 212 g/mol. The van der Waals surface area contributed by atoms with E-state index in [1.165, 1.54) is 16.7 Å². The van der Waals surface area contributed by atoms with Crippen LogP contribution < -0.4 is 0 Å². The number of hydrogen-bond donors (Lipinski definition) is 2. The van der Waals surface area contributed by atoms with Gasteiger partial charge in [-0.25, -0.2) is 0 Å². The van der Waals surface area contributed by atoms with Crippen molar-refractivity contribution in [3.8, 4) is 5.75 Å². The Bertz CT molecular complexity index is 490. The van der Waals surface area contributed by atoms with E-state index < -0.39 is 0 Å². The van der Waals surface area contributed by atoms with E-state index in [0.717, 1.165) is 12.8 Å². The highest BCUT2D eigenvalue weighted by Gasteiger charge is 2.04. The van der Waals surface area contributed by atoms with E-state index >= 15 is 0 Å². The Morgan fingerprint density at radius 3 is 2.41 bits per heavy atom. The Labute approximate surface area is 101 Å². The van der Waals surface area contributed by atoms with E-state index in [2.05, 4.69) is 6.92 Å². The predicted molar refractivity (Wildman–Crippen MR) is 69.0 cm³/mol. The lowest BCUT2D eigenvalue weighted by atomic mass is 9.96. The normalized spacial score (nSPS) is 17.8. The summed E-state index contributed by atoms with van der Waals surface area (Å²) in [4.78, 5) is 0. The van der Waals surface area contributed by atoms with Crippen LogP contribution in [0.3, 0.4) is 0 Å². The second-order valence-electron chi connectivity index (χ2n) is 4.32. The van der Waals surface area contributed by atoms with Crippen LogP contribution in [0.15, 0.2) is 59.4 Å². The van der Waals surface area contributed by atoms with E-state index in [1.807, 2.05) is 24.3 Å². The molecule has 0 saturated carbocycles. The lowest BCUT2D eigenvalue weighted by Gasteiger charge is -2.10. The molecule has 0 fully saturated rings. The third kappa shape index (κ3) is 3.00. The van der Waals surface area contributed by atoms with Crippen molar-refractivity contribution in [3.05, 3.63) is 65.0 Å². The van der Waals surface area contributed by atoms with E-state index in [1.54, 1.807) is 18.2 Å². The van der Waals surface area contributed by atoms with E-state index in [4.69, 9.17) is 0 Å². The van der Waals surface area contributed by atoms with Crippen molar-refractivity contribution in [1.29, 1.82) is 0 Å². The molecule has 2 nitrogen and oxygen atoms in total. The van der Waals surface area contributed by atoms with Crippen molar-refractivity contribution >= 4 is 0 Å². The van der Waals surface area contributed by atoms with Crippen LogP contribution in [0.1, 0.15) is 18.9 Å². The maximum Gasteiger partial charge on any atom is 0.115 e. The van der Waals surface area contributed by atoms with Gasteiger partial charge in [0.1, 0.15) is 11.5 Å². The molecule has 0 radical (unpaired) electrons. The Morgan fingerprint density at radius 2 is 1.82 bits per heavy atom. The van der Waals surface area contributed by atoms with E-state index in [0.29, 0.717) is 11.5 Å². The van der Waals surface area contributed by atoms with E-state index in [-0.39, 0.29) is 0 Å². The third-order valence-corrected chi connectivity index (χ3v) is 2.94. The minimum Gasteiger partial charge on any atom is -0.508 e. The molecule has 0 spiro atoms. The number of aliphatic hydroxyl groups excluding tert-OH is 1. The van der Waals surface area contributed by atoms with Crippen LogP contribution in [0, 0.1) is 0 Å². The molecule has 2 N–H and O–H groups in total. The summed E-state index contributed by atoms with van der Waals surface area (Å²) in [5.41, 5.74) is 3.71. The molecule has 0 bridgehead atoms. The average Bonchev–Trinajstić information content (AvgIpc) is 2.33. The van der Waals surface area contributed by atoms with Gasteiger partial charge in [0.2, 0.25) is 0 Å². The fourth-order valence-electron chi connectivity index (χ4n) is 1.89. The Morgan fingerprint density at radius 1 is 1.12 bits per heavy atom. The molecule has 0 saturated heterocycles. The first-order valence-corrected chi connectivity index (χ1v) is 5.69. The molecular formula is C15H16O2. The molecule has 1 aromatic carbocycles. The number of rotatable bonds is 2. The molecule has 0 aliphatic heterocycles. The smallest absolute Gasteiger partial charge is 0.115 e. The molecule has 1 aliphatic rings. The van der Waals surface area contributed by atoms with Crippen LogP contribution in [0.25, 0.3) is 0 Å². The van der Waals surface area contributed by atoms with Crippen molar-refractivity contribution in [2.75, 3.05) is 0 Å². The molecule has 0 atom stereocenters. The summed E-state index contributed by atoms with van der Waals surface area (Å²) in [5.74, 6) is 0.635. The summed E-state index contributed by atoms with van der Waals surface area (Å²) in [6.07, 6.45) is 7.15. The van der Waals surface area contributed by atoms with Crippen molar-refractivity contribution in [2.24, 2.45) is 0 Å². The number of hydrogen-bond acceptors (Lipinski definition) is 2. The zero-order chi connectivity index (χ0) is 12.3. The molecule has 0 amide bonds. The molecule has 88 valence electrons. The van der Waals surface area contributed by atoms with Gasteiger partial charge in [-0.1, -0.05) is 23.8 Å². The van der Waals surface area contributed by atoms with Crippen LogP contribution >= 0.6 is 0 Å². The first-order chi connectivity index (χ1) is 8.15. The van der Waals surface area contributed by atoms with Gasteiger partial charge in [-0.15, -0.1) is 0 Å². The number of allylic oxidation sites excluding steroid dienone is 5. The average molecular weight is 228 g/mol. The number of phenols is 1. The van der Waals surface area contributed by atoms with Crippen molar-refractivity contribution < 1.29 is 10.2 Å². The maximum atomic E-state index is 9.25. The summed E-state index contributed by atoms with van der Waals surface area (Å²) >= 11 is 0. The van der Waals surface area contributed by atoms with Crippen LogP contribution in [-0.4, -0.2) is 10.2 Å². The summed E-state index contributed by atoms with van der Waals surface area (Å²) < 4.78 is 0. The van der Waals surface area contributed by atoms with Crippen LogP contribution in [-0.2, 0) is 6.42 Å². The summed E-state index contributed by atoms with van der Waals surface area (Å²) in [5, 5.41) is 18.5. The molecule has 2 rings (SSSR count). The second-order valence-corrected chi connectivity index (χ2v) is 4.32. The van der Waals surface area contributed by atoms with Crippen LogP contribution in [0.5, 0.6) is 5.75 Å². The standard InChI is InChI=1S/C15H16O2/c1-11(13-4-8-15(17)9-5-13)10-12-2-6-14(16)7-3-12/h2-4,6-9,16-17H,5,10H2,1H3. The van der Waals surface area contributed by atoms with Gasteiger partial charge in [0, 0.05) is 0 Å².